The Morgan fingerprint density at radius 3 is 2.32 bits per heavy atom. The molecule has 1 atom stereocenters. The summed E-state index contributed by atoms with van der Waals surface area (Å²) < 4.78 is 6.51. The lowest BCUT2D eigenvalue weighted by Gasteiger charge is -2.14. The quantitative estimate of drug-likeness (QED) is 0.753. The maximum Gasteiger partial charge on any atom is 0.170 e. The zero-order valence-corrected chi connectivity index (χ0v) is 12.8. The molecule has 19 heavy (non-hydrogen) atoms. The van der Waals surface area contributed by atoms with Crippen LogP contribution in [0.15, 0.2) is 54.6 Å². The molecule has 0 bridgehead atoms. The third-order valence-electron chi connectivity index (χ3n) is 2.92. The molecule has 0 fully saturated rings. The highest BCUT2D eigenvalue weighted by molar-refractivity contribution is 14.1. The van der Waals surface area contributed by atoms with Crippen LogP contribution in [0.3, 0.4) is 0 Å². The standard InChI is InChI=1S/C16H15IO2/c1-19-16(13-5-3-2-4-6-13)15(18)11-12-7-9-14(17)10-8-12/h2-10,16H,11H2,1H3. The van der Waals surface area contributed by atoms with Gasteiger partial charge in [-0.2, -0.15) is 0 Å². The van der Waals surface area contributed by atoms with Gasteiger partial charge in [-0.25, -0.2) is 0 Å². The van der Waals surface area contributed by atoms with Crippen molar-refractivity contribution in [1.29, 1.82) is 0 Å². The van der Waals surface area contributed by atoms with Crippen LogP contribution in [0.1, 0.15) is 17.2 Å². The topological polar surface area (TPSA) is 26.3 Å². The zero-order chi connectivity index (χ0) is 13.7. The summed E-state index contributed by atoms with van der Waals surface area (Å²) in [5.41, 5.74) is 1.92. The number of hydrogen-bond donors (Lipinski definition) is 0. The van der Waals surface area contributed by atoms with Crippen LogP contribution in [0.4, 0.5) is 0 Å². The second-order valence-electron chi connectivity index (χ2n) is 4.30. The van der Waals surface area contributed by atoms with Crippen molar-refractivity contribution in [2.24, 2.45) is 0 Å². The van der Waals surface area contributed by atoms with Crippen LogP contribution < -0.4 is 0 Å². The fourth-order valence-corrected chi connectivity index (χ4v) is 2.34. The van der Waals surface area contributed by atoms with Gasteiger partial charge in [0.1, 0.15) is 6.10 Å². The van der Waals surface area contributed by atoms with Crippen LogP contribution in [0.2, 0.25) is 0 Å². The molecule has 0 saturated carbocycles. The van der Waals surface area contributed by atoms with Gasteiger partial charge in [0.2, 0.25) is 0 Å². The molecule has 3 heteroatoms. The zero-order valence-electron chi connectivity index (χ0n) is 10.7. The summed E-state index contributed by atoms with van der Waals surface area (Å²) in [6, 6.07) is 17.6. The number of carbonyl (C=O) groups is 1. The lowest BCUT2D eigenvalue weighted by atomic mass is 10.00. The lowest BCUT2D eigenvalue weighted by molar-refractivity contribution is -0.128. The van der Waals surface area contributed by atoms with E-state index in [-0.39, 0.29) is 5.78 Å². The lowest BCUT2D eigenvalue weighted by Crippen LogP contribution is -2.16. The molecule has 0 spiro atoms. The van der Waals surface area contributed by atoms with E-state index in [1.165, 1.54) is 3.57 Å². The molecular weight excluding hydrogens is 351 g/mol. The number of rotatable bonds is 5. The average molecular weight is 366 g/mol. The first-order valence-electron chi connectivity index (χ1n) is 6.05. The van der Waals surface area contributed by atoms with Crippen LogP contribution >= 0.6 is 22.6 Å². The van der Waals surface area contributed by atoms with Gasteiger partial charge in [-0.1, -0.05) is 42.5 Å². The van der Waals surface area contributed by atoms with Crippen molar-refractivity contribution in [3.8, 4) is 0 Å². The molecule has 2 rings (SSSR count). The normalized spacial score (nSPS) is 12.1. The van der Waals surface area contributed by atoms with Gasteiger partial charge in [0.05, 0.1) is 0 Å². The van der Waals surface area contributed by atoms with Crippen molar-refractivity contribution < 1.29 is 9.53 Å². The number of ether oxygens (including phenoxy) is 1. The van der Waals surface area contributed by atoms with Gasteiger partial charge in [0.15, 0.2) is 5.78 Å². The Hall–Kier alpha value is -1.20. The van der Waals surface area contributed by atoms with Gasteiger partial charge >= 0.3 is 0 Å². The molecule has 2 aromatic rings. The number of hydrogen-bond acceptors (Lipinski definition) is 2. The van der Waals surface area contributed by atoms with Crippen molar-refractivity contribution in [2.75, 3.05) is 7.11 Å². The van der Waals surface area contributed by atoms with Gasteiger partial charge in [0, 0.05) is 17.1 Å². The van der Waals surface area contributed by atoms with Crippen molar-refractivity contribution in [3.05, 3.63) is 69.3 Å². The third-order valence-corrected chi connectivity index (χ3v) is 3.64. The number of Topliss-reactive ketones (excluding diaryl/α,β-unsaturated/α-hetero) is 1. The first-order chi connectivity index (χ1) is 9.20. The molecular formula is C16H15IO2. The second kappa shape index (κ2) is 6.82. The summed E-state index contributed by atoms with van der Waals surface area (Å²) >= 11 is 2.25. The molecule has 0 N–H and O–H groups in total. The number of halogens is 1. The van der Waals surface area contributed by atoms with Crippen LogP contribution in [-0.2, 0) is 16.0 Å². The maximum atomic E-state index is 12.3. The monoisotopic (exact) mass is 366 g/mol. The summed E-state index contributed by atoms with van der Waals surface area (Å²) in [6.07, 6.45) is -0.0925. The summed E-state index contributed by atoms with van der Waals surface area (Å²) in [7, 11) is 1.57. The highest BCUT2D eigenvalue weighted by atomic mass is 127. The molecule has 2 aromatic carbocycles. The molecule has 98 valence electrons. The van der Waals surface area contributed by atoms with E-state index in [0.29, 0.717) is 6.42 Å². The Morgan fingerprint density at radius 1 is 1.11 bits per heavy atom. The van der Waals surface area contributed by atoms with Crippen molar-refractivity contribution >= 4 is 28.4 Å². The predicted molar refractivity (Wildman–Crippen MR) is 84.1 cm³/mol. The molecule has 0 amide bonds. The molecule has 0 heterocycles. The predicted octanol–water partition coefficient (Wildman–Crippen LogP) is 3.79. The summed E-state index contributed by atoms with van der Waals surface area (Å²) in [5.74, 6) is 0.0786. The molecule has 0 radical (unpaired) electrons. The van der Waals surface area contributed by atoms with Crippen molar-refractivity contribution in [2.45, 2.75) is 12.5 Å². The molecule has 2 nitrogen and oxygen atoms in total. The van der Waals surface area contributed by atoms with Crippen molar-refractivity contribution in [3.63, 3.8) is 0 Å². The first-order valence-corrected chi connectivity index (χ1v) is 7.13. The van der Waals surface area contributed by atoms with E-state index in [1.807, 2.05) is 54.6 Å². The smallest absolute Gasteiger partial charge is 0.170 e. The minimum Gasteiger partial charge on any atom is -0.369 e. The van der Waals surface area contributed by atoms with E-state index < -0.39 is 6.10 Å². The number of ketones is 1. The van der Waals surface area contributed by atoms with Gasteiger partial charge in [-0.3, -0.25) is 4.79 Å². The van der Waals surface area contributed by atoms with E-state index in [1.54, 1.807) is 7.11 Å². The summed E-state index contributed by atoms with van der Waals surface area (Å²) in [6.45, 7) is 0. The van der Waals surface area contributed by atoms with Crippen LogP contribution in [-0.4, -0.2) is 12.9 Å². The Morgan fingerprint density at radius 2 is 1.74 bits per heavy atom. The molecule has 0 aliphatic rings. The van der Waals surface area contributed by atoms with Crippen LogP contribution in [0.25, 0.3) is 0 Å². The molecule has 1 unspecified atom stereocenters. The molecule has 0 saturated heterocycles. The SMILES string of the molecule is COC(C(=O)Cc1ccc(I)cc1)c1ccccc1. The van der Waals surface area contributed by atoms with E-state index >= 15 is 0 Å². The van der Waals surface area contributed by atoms with Crippen LogP contribution in [0, 0.1) is 3.57 Å². The molecule has 0 aliphatic carbocycles. The van der Waals surface area contributed by atoms with Gasteiger partial charge in [0.25, 0.3) is 0 Å². The fraction of sp³-hybridized carbons (Fsp3) is 0.188. The van der Waals surface area contributed by atoms with E-state index in [2.05, 4.69) is 22.6 Å². The van der Waals surface area contributed by atoms with E-state index in [0.717, 1.165) is 11.1 Å². The van der Waals surface area contributed by atoms with Crippen molar-refractivity contribution in [1.82, 2.24) is 0 Å². The highest BCUT2D eigenvalue weighted by Crippen LogP contribution is 2.19. The Bertz CT molecular complexity index is 534. The van der Waals surface area contributed by atoms with E-state index in [9.17, 15) is 4.79 Å². The maximum absolute atomic E-state index is 12.3. The summed E-state index contributed by atoms with van der Waals surface area (Å²) in [4.78, 5) is 12.3. The number of benzene rings is 2. The highest BCUT2D eigenvalue weighted by Gasteiger charge is 2.19. The Kier molecular flexibility index (Phi) is 5.10. The van der Waals surface area contributed by atoms with E-state index in [4.69, 9.17) is 4.74 Å². The summed E-state index contributed by atoms with van der Waals surface area (Å²) in [5, 5.41) is 0. The second-order valence-corrected chi connectivity index (χ2v) is 5.54. The minimum atomic E-state index is -0.486. The largest absolute Gasteiger partial charge is 0.369 e. The first kappa shape index (κ1) is 14.2. The molecule has 0 aromatic heterocycles. The van der Waals surface area contributed by atoms with Gasteiger partial charge in [-0.15, -0.1) is 0 Å². The Labute approximate surface area is 126 Å². The Balaban J connectivity index is 2.11. The fourth-order valence-electron chi connectivity index (χ4n) is 1.98. The number of carbonyl (C=O) groups excluding carboxylic acids is 1. The number of methoxy groups -OCH3 is 1. The third kappa shape index (κ3) is 3.88. The van der Waals surface area contributed by atoms with Gasteiger partial charge < -0.3 is 4.74 Å². The van der Waals surface area contributed by atoms with Crippen LogP contribution in [0.5, 0.6) is 0 Å². The minimum absolute atomic E-state index is 0.0786. The van der Waals surface area contributed by atoms with Gasteiger partial charge in [-0.05, 0) is 45.9 Å². The average Bonchev–Trinajstić information content (AvgIpc) is 2.43. The molecule has 0 aliphatic heterocycles.